The van der Waals surface area contributed by atoms with Gasteiger partial charge in [-0.1, -0.05) is 18.2 Å². The Bertz CT molecular complexity index is 348. The van der Waals surface area contributed by atoms with Crippen LogP contribution in [0.3, 0.4) is 0 Å². The van der Waals surface area contributed by atoms with Crippen molar-refractivity contribution in [2.75, 3.05) is 25.0 Å². The van der Waals surface area contributed by atoms with E-state index in [1.54, 1.807) is 0 Å². The molecule has 4 nitrogen and oxygen atoms in total. The Balaban J connectivity index is 1.70. The highest BCUT2D eigenvalue weighted by Gasteiger charge is 2.14. The number of amides is 1. The number of nitrogens with one attached hydrogen (secondary N) is 2. The van der Waals surface area contributed by atoms with Crippen molar-refractivity contribution < 1.29 is 9.53 Å². The first-order valence-corrected chi connectivity index (χ1v) is 6.02. The zero-order valence-corrected chi connectivity index (χ0v) is 9.82. The van der Waals surface area contributed by atoms with Crippen LogP contribution in [-0.2, 0) is 9.53 Å². The summed E-state index contributed by atoms with van der Waals surface area (Å²) in [6.07, 6.45) is 1.44. The van der Waals surface area contributed by atoms with Gasteiger partial charge in [0.05, 0.1) is 12.7 Å². The molecule has 0 spiro atoms. The van der Waals surface area contributed by atoms with E-state index in [4.69, 9.17) is 4.74 Å². The van der Waals surface area contributed by atoms with Crippen molar-refractivity contribution in [3.8, 4) is 0 Å². The molecule has 1 atom stereocenters. The van der Waals surface area contributed by atoms with E-state index >= 15 is 0 Å². The molecule has 1 aromatic rings. The summed E-state index contributed by atoms with van der Waals surface area (Å²) in [4.78, 5) is 11.7. The molecule has 1 aliphatic heterocycles. The molecule has 0 bridgehead atoms. The van der Waals surface area contributed by atoms with E-state index in [-0.39, 0.29) is 12.0 Å². The Morgan fingerprint density at radius 1 is 1.41 bits per heavy atom. The molecular formula is C13H18N2O2. The smallest absolute Gasteiger partial charge is 0.224 e. The summed E-state index contributed by atoms with van der Waals surface area (Å²) >= 11 is 0. The predicted octanol–water partition coefficient (Wildman–Crippen LogP) is 1.39. The SMILES string of the molecule is O=C(CCC1CNCCO1)Nc1ccccc1. The van der Waals surface area contributed by atoms with E-state index in [9.17, 15) is 4.79 Å². The molecule has 2 N–H and O–H groups in total. The van der Waals surface area contributed by atoms with Crippen molar-refractivity contribution in [1.29, 1.82) is 0 Å². The zero-order chi connectivity index (χ0) is 11.9. The van der Waals surface area contributed by atoms with E-state index in [2.05, 4.69) is 10.6 Å². The summed E-state index contributed by atoms with van der Waals surface area (Å²) in [5, 5.41) is 6.12. The molecule has 1 aromatic carbocycles. The van der Waals surface area contributed by atoms with Gasteiger partial charge in [0.25, 0.3) is 0 Å². The minimum atomic E-state index is 0.0466. The molecular weight excluding hydrogens is 216 g/mol. The molecule has 0 aromatic heterocycles. The number of anilines is 1. The molecule has 0 radical (unpaired) electrons. The Hall–Kier alpha value is -1.39. The lowest BCUT2D eigenvalue weighted by Gasteiger charge is -2.23. The number of morpholine rings is 1. The number of ether oxygens (including phenoxy) is 1. The minimum Gasteiger partial charge on any atom is -0.376 e. The summed E-state index contributed by atoms with van der Waals surface area (Å²) in [5.74, 6) is 0.0466. The maximum atomic E-state index is 11.7. The maximum Gasteiger partial charge on any atom is 0.224 e. The molecule has 4 heteroatoms. The van der Waals surface area contributed by atoms with Crippen molar-refractivity contribution in [1.82, 2.24) is 5.32 Å². The first kappa shape index (κ1) is 12.1. The largest absolute Gasteiger partial charge is 0.376 e. The van der Waals surface area contributed by atoms with E-state index in [1.165, 1.54) is 0 Å². The maximum absolute atomic E-state index is 11.7. The van der Waals surface area contributed by atoms with Crippen LogP contribution in [0.4, 0.5) is 5.69 Å². The lowest BCUT2D eigenvalue weighted by atomic mass is 10.1. The summed E-state index contributed by atoms with van der Waals surface area (Å²) < 4.78 is 5.54. The summed E-state index contributed by atoms with van der Waals surface area (Å²) in [6, 6.07) is 9.51. The van der Waals surface area contributed by atoms with Gasteiger partial charge in [-0.15, -0.1) is 0 Å². The summed E-state index contributed by atoms with van der Waals surface area (Å²) in [5.41, 5.74) is 0.847. The number of hydrogen-bond donors (Lipinski definition) is 2. The van der Waals surface area contributed by atoms with Gasteiger partial charge in [0, 0.05) is 25.2 Å². The van der Waals surface area contributed by atoms with Crippen LogP contribution in [0.1, 0.15) is 12.8 Å². The van der Waals surface area contributed by atoms with Crippen molar-refractivity contribution in [2.24, 2.45) is 0 Å². The third-order valence-electron chi connectivity index (χ3n) is 2.76. The highest BCUT2D eigenvalue weighted by atomic mass is 16.5. The number of para-hydroxylation sites is 1. The minimum absolute atomic E-state index is 0.0466. The predicted molar refractivity (Wildman–Crippen MR) is 66.9 cm³/mol. The van der Waals surface area contributed by atoms with Gasteiger partial charge in [-0.2, -0.15) is 0 Å². The molecule has 1 heterocycles. The second kappa shape index (κ2) is 6.37. The van der Waals surface area contributed by atoms with Crippen LogP contribution >= 0.6 is 0 Å². The fraction of sp³-hybridized carbons (Fsp3) is 0.462. The fourth-order valence-corrected chi connectivity index (χ4v) is 1.84. The molecule has 0 saturated carbocycles. The Morgan fingerprint density at radius 3 is 2.94 bits per heavy atom. The van der Waals surface area contributed by atoms with Crippen LogP contribution in [0.25, 0.3) is 0 Å². The molecule has 1 unspecified atom stereocenters. The van der Waals surface area contributed by atoms with Crippen LogP contribution in [0.5, 0.6) is 0 Å². The van der Waals surface area contributed by atoms with Gasteiger partial charge >= 0.3 is 0 Å². The third-order valence-corrected chi connectivity index (χ3v) is 2.76. The highest BCUT2D eigenvalue weighted by Crippen LogP contribution is 2.08. The topological polar surface area (TPSA) is 50.4 Å². The van der Waals surface area contributed by atoms with Gasteiger partial charge in [0.1, 0.15) is 0 Å². The second-order valence-electron chi connectivity index (χ2n) is 4.15. The lowest BCUT2D eigenvalue weighted by molar-refractivity contribution is -0.117. The highest BCUT2D eigenvalue weighted by molar-refractivity contribution is 5.90. The van der Waals surface area contributed by atoms with Crippen LogP contribution < -0.4 is 10.6 Å². The Labute approximate surface area is 101 Å². The van der Waals surface area contributed by atoms with Gasteiger partial charge in [0.15, 0.2) is 0 Å². The average Bonchev–Trinajstić information content (AvgIpc) is 2.39. The number of benzene rings is 1. The van der Waals surface area contributed by atoms with Crippen LogP contribution in [0.2, 0.25) is 0 Å². The standard InChI is InChI=1S/C13H18N2O2/c16-13(15-11-4-2-1-3-5-11)7-6-12-10-14-8-9-17-12/h1-5,12,14H,6-10H2,(H,15,16). The number of carbonyl (C=O) groups excluding carboxylic acids is 1. The molecule has 0 aliphatic carbocycles. The summed E-state index contributed by atoms with van der Waals surface area (Å²) in [7, 11) is 0. The number of rotatable bonds is 4. The molecule has 2 rings (SSSR count). The van der Waals surface area contributed by atoms with E-state index in [1.807, 2.05) is 30.3 Å². The third kappa shape index (κ3) is 4.17. The van der Waals surface area contributed by atoms with Crippen molar-refractivity contribution in [3.05, 3.63) is 30.3 Å². The lowest BCUT2D eigenvalue weighted by Crippen LogP contribution is -2.38. The van der Waals surface area contributed by atoms with Crippen molar-refractivity contribution in [2.45, 2.75) is 18.9 Å². The number of carbonyl (C=O) groups is 1. The molecule has 92 valence electrons. The normalized spacial score (nSPS) is 19.9. The Morgan fingerprint density at radius 2 is 2.24 bits per heavy atom. The molecule has 1 aliphatic rings. The van der Waals surface area contributed by atoms with Crippen molar-refractivity contribution >= 4 is 11.6 Å². The van der Waals surface area contributed by atoms with Gasteiger partial charge in [-0.05, 0) is 18.6 Å². The second-order valence-corrected chi connectivity index (χ2v) is 4.15. The average molecular weight is 234 g/mol. The van der Waals surface area contributed by atoms with E-state index in [0.717, 1.165) is 31.8 Å². The van der Waals surface area contributed by atoms with Gasteiger partial charge in [0.2, 0.25) is 5.91 Å². The van der Waals surface area contributed by atoms with Gasteiger partial charge in [-0.25, -0.2) is 0 Å². The Kier molecular flexibility index (Phi) is 4.53. The summed E-state index contributed by atoms with van der Waals surface area (Å²) in [6.45, 7) is 2.50. The first-order chi connectivity index (χ1) is 8.34. The van der Waals surface area contributed by atoms with E-state index < -0.39 is 0 Å². The first-order valence-electron chi connectivity index (χ1n) is 6.02. The van der Waals surface area contributed by atoms with Crippen LogP contribution in [-0.4, -0.2) is 31.7 Å². The van der Waals surface area contributed by atoms with Crippen LogP contribution in [0.15, 0.2) is 30.3 Å². The quantitative estimate of drug-likeness (QED) is 0.827. The monoisotopic (exact) mass is 234 g/mol. The number of hydrogen-bond acceptors (Lipinski definition) is 3. The van der Waals surface area contributed by atoms with Gasteiger partial charge in [-0.3, -0.25) is 4.79 Å². The molecule has 1 saturated heterocycles. The van der Waals surface area contributed by atoms with E-state index in [0.29, 0.717) is 6.42 Å². The fourth-order valence-electron chi connectivity index (χ4n) is 1.84. The van der Waals surface area contributed by atoms with Gasteiger partial charge < -0.3 is 15.4 Å². The van der Waals surface area contributed by atoms with Crippen molar-refractivity contribution in [3.63, 3.8) is 0 Å². The molecule has 17 heavy (non-hydrogen) atoms. The van der Waals surface area contributed by atoms with Crippen LogP contribution in [0, 0.1) is 0 Å². The zero-order valence-electron chi connectivity index (χ0n) is 9.82. The molecule has 1 fully saturated rings. The molecule has 1 amide bonds.